The first-order valence-corrected chi connectivity index (χ1v) is 8.71. The summed E-state index contributed by atoms with van der Waals surface area (Å²) < 4.78 is 49.2. The molecule has 1 N–H and O–H groups in total. The van der Waals surface area contributed by atoms with Crippen LogP contribution in [0.1, 0.15) is 33.8 Å². The van der Waals surface area contributed by atoms with Crippen LogP contribution in [0.3, 0.4) is 0 Å². The summed E-state index contributed by atoms with van der Waals surface area (Å²) in [5.74, 6) is -0.895. The second-order valence-corrected chi connectivity index (χ2v) is 6.88. The lowest BCUT2D eigenvalue weighted by atomic mass is 10.0. The van der Waals surface area contributed by atoms with Crippen molar-refractivity contribution in [3.05, 3.63) is 53.1 Å². The van der Waals surface area contributed by atoms with Crippen LogP contribution in [0.15, 0.2) is 36.4 Å². The Hall–Kier alpha value is -2.70. The number of aryl methyl sites for hydroxylation is 1. The van der Waals surface area contributed by atoms with Crippen molar-refractivity contribution in [2.75, 3.05) is 18.5 Å². The van der Waals surface area contributed by atoms with Crippen molar-refractivity contribution in [2.45, 2.75) is 25.4 Å². The molecule has 0 saturated heterocycles. The van der Waals surface area contributed by atoms with E-state index in [4.69, 9.17) is 9.47 Å². The van der Waals surface area contributed by atoms with Gasteiger partial charge < -0.3 is 14.8 Å². The van der Waals surface area contributed by atoms with Gasteiger partial charge in [0.1, 0.15) is 13.2 Å². The maximum Gasteiger partial charge on any atom is 0.392 e. The summed E-state index contributed by atoms with van der Waals surface area (Å²) in [4.78, 5) is 12.6. The van der Waals surface area contributed by atoms with Crippen LogP contribution in [0.25, 0.3) is 0 Å². The van der Waals surface area contributed by atoms with Crippen LogP contribution >= 0.6 is 0 Å². The molecule has 4 nitrogen and oxygen atoms in total. The van der Waals surface area contributed by atoms with Crippen LogP contribution < -0.4 is 14.8 Å². The second kappa shape index (κ2) is 6.48. The minimum atomic E-state index is -4.16. The number of hydrogen-bond acceptors (Lipinski definition) is 3. The number of halogens is 3. The summed E-state index contributed by atoms with van der Waals surface area (Å²) in [6, 6.07) is 10.0. The van der Waals surface area contributed by atoms with Gasteiger partial charge in [0.15, 0.2) is 11.5 Å². The van der Waals surface area contributed by atoms with Gasteiger partial charge in [-0.15, -0.1) is 0 Å². The van der Waals surface area contributed by atoms with E-state index in [1.165, 1.54) is 0 Å². The number of anilines is 1. The third kappa shape index (κ3) is 3.59. The van der Waals surface area contributed by atoms with E-state index in [1.54, 1.807) is 43.3 Å². The van der Waals surface area contributed by atoms with Gasteiger partial charge in [-0.2, -0.15) is 13.2 Å². The van der Waals surface area contributed by atoms with Crippen molar-refractivity contribution in [2.24, 2.45) is 5.92 Å². The summed E-state index contributed by atoms with van der Waals surface area (Å²) in [6.07, 6.45) is -4.04. The fourth-order valence-electron chi connectivity index (χ4n) is 3.42. The number of ether oxygens (including phenoxy) is 2. The van der Waals surface area contributed by atoms with Gasteiger partial charge in [0.2, 0.25) is 0 Å². The van der Waals surface area contributed by atoms with Crippen molar-refractivity contribution in [1.29, 1.82) is 0 Å². The van der Waals surface area contributed by atoms with Gasteiger partial charge in [-0.05, 0) is 48.6 Å². The highest BCUT2D eigenvalue weighted by molar-refractivity contribution is 6.05. The predicted octanol–water partition coefficient (Wildman–Crippen LogP) is 4.68. The fourth-order valence-corrected chi connectivity index (χ4v) is 3.42. The Labute approximate surface area is 154 Å². The number of amides is 1. The summed E-state index contributed by atoms with van der Waals surface area (Å²) in [7, 11) is 0. The number of nitrogens with one attached hydrogen (secondary N) is 1. The Balaban J connectivity index is 1.48. The molecule has 2 aromatic rings. The van der Waals surface area contributed by atoms with Gasteiger partial charge in [0.05, 0.1) is 5.92 Å². The van der Waals surface area contributed by atoms with Crippen LogP contribution in [-0.2, 0) is 0 Å². The maximum absolute atomic E-state index is 12.8. The summed E-state index contributed by atoms with van der Waals surface area (Å²) in [5, 5.41) is 2.79. The largest absolute Gasteiger partial charge is 0.486 e. The normalized spacial score (nSPS) is 20.9. The van der Waals surface area contributed by atoms with E-state index in [2.05, 4.69) is 5.32 Å². The molecule has 0 unspecified atom stereocenters. The molecule has 27 heavy (non-hydrogen) atoms. The molecule has 7 heteroatoms. The molecular weight excluding hydrogens is 359 g/mol. The Bertz CT molecular complexity index is 895. The van der Waals surface area contributed by atoms with Crippen molar-refractivity contribution < 1.29 is 27.4 Å². The van der Waals surface area contributed by atoms with Gasteiger partial charge >= 0.3 is 6.18 Å². The maximum atomic E-state index is 12.8. The van der Waals surface area contributed by atoms with Gasteiger partial charge in [-0.25, -0.2) is 0 Å². The third-order valence-corrected chi connectivity index (χ3v) is 4.93. The standard InChI is InChI=1S/C20H18F3NO3/c1-11-8-12(15-10-16(15)20(21,22)23)2-4-14(11)19(25)24-13-3-5-17-18(9-13)27-7-6-26-17/h2-5,8-9,15-16H,6-7,10H2,1H3,(H,24,25)/t15-,16+/m1/s1. The number of hydrogen-bond donors (Lipinski definition) is 1. The molecule has 2 atom stereocenters. The molecule has 142 valence electrons. The number of benzene rings is 2. The lowest BCUT2D eigenvalue weighted by Crippen LogP contribution is -2.17. The Morgan fingerprint density at radius 2 is 1.81 bits per heavy atom. The van der Waals surface area contributed by atoms with E-state index in [-0.39, 0.29) is 12.3 Å². The van der Waals surface area contributed by atoms with E-state index >= 15 is 0 Å². The number of carbonyl (C=O) groups is 1. The van der Waals surface area contributed by atoms with Gasteiger partial charge in [-0.3, -0.25) is 4.79 Å². The minimum absolute atomic E-state index is 0.117. The Kier molecular flexibility index (Phi) is 4.25. The number of rotatable bonds is 3. The Morgan fingerprint density at radius 3 is 2.48 bits per heavy atom. The van der Waals surface area contributed by atoms with Crippen molar-refractivity contribution in [1.82, 2.24) is 0 Å². The summed E-state index contributed by atoms with van der Waals surface area (Å²) in [5.41, 5.74) is 2.27. The SMILES string of the molecule is Cc1cc([C@H]2C[C@@H]2C(F)(F)F)ccc1C(=O)Nc1ccc2c(c1)OCCO2. The first-order chi connectivity index (χ1) is 12.8. The van der Waals surface area contributed by atoms with Crippen molar-refractivity contribution in [3.8, 4) is 11.5 Å². The van der Waals surface area contributed by atoms with Crippen LogP contribution in [0.4, 0.5) is 18.9 Å². The number of carbonyl (C=O) groups excluding carboxylic acids is 1. The van der Waals surface area contributed by atoms with E-state index in [0.717, 1.165) is 0 Å². The van der Waals surface area contributed by atoms with Gasteiger partial charge in [0, 0.05) is 17.3 Å². The lowest BCUT2D eigenvalue weighted by Gasteiger charge is -2.19. The number of fused-ring (bicyclic) bond motifs is 1. The number of alkyl halides is 3. The molecule has 0 spiro atoms. The topological polar surface area (TPSA) is 47.6 Å². The first-order valence-electron chi connectivity index (χ1n) is 8.71. The zero-order chi connectivity index (χ0) is 19.2. The predicted molar refractivity (Wildman–Crippen MR) is 93.5 cm³/mol. The van der Waals surface area contributed by atoms with E-state index in [1.807, 2.05) is 0 Å². The third-order valence-electron chi connectivity index (χ3n) is 4.93. The molecule has 1 aliphatic heterocycles. The highest BCUT2D eigenvalue weighted by Crippen LogP contribution is 2.56. The molecule has 1 amide bonds. The monoisotopic (exact) mass is 377 g/mol. The van der Waals surface area contributed by atoms with E-state index in [0.29, 0.717) is 47.1 Å². The lowest BCUT2D eigenvalue weighted by molar-refractivity contribution is -0.148. The fraction of sp³-hybridized carbons (Fsp3) is 0.350. The summed E-state index contributed by atoms with van der Waals surface area (Å²) >= 11 is 0. The molecular formula is C20H18F3NO3. The van der Waals surface area contributed by atoms with Gasteiger partial charge in [0.25, 0.3) is 5.91 Å². The highest BCUT2D eigenvalue weighted by Gasteiger charge is 2.56. The quantitative estimate of drug-likeness (QED) is 0.845. The molecule has 4 rings (SSSR count). The average molecular weight is 377 g/mol. The first kappa shape index (κ1) is 17.7. The van der Waals surface area contributed by atoms with Crippen molar-refractivity contribution in [3.63, 3.8) is 0 Å². The minimum Gasteiger partial charge on any atom is -0.486 e. The molecule has 2 aromatic carbocycles. The summed E-state index contributed by atoms with van der Waals surface area (Å²) in [6.45, 7) is 2.67. The van der Waals surface area contributed by atoms with Crippen LogP contribution in [0.5, 0.6) is 11.5 Å². The zero-order valence-corrected chi connectivity index (χ0v) is 14.6. The van der Waals surface area contributed by atoms with E-state index < -0.39 is 18.0 Å². The molecule has 0 aromatic heterocycles. The van der Waals surface area contributed by atoms with Gasteiger partial charge in [-0.1, -0.05) is 12.1 Å². The van der Waals surface area contributed by atoms with Crippen LogP contribution in [0, 0.1) is 12.8 Å². The molecule has 1 heterocycles. The van der Waals surface area contributed by atoms with Crippen LogP contribution in [-0.4, -0.2) is 25.3 Å². The highest BCUT2D eigenvalue weighted by atomic mass is 19.4. The van der Waals surface area contributed by atoms with Crippen LogP contribution in [0.2, 0.25) is 0 Å². The smallest absolute Gasteiger partial charge is 0.392 e. The molecule has 0 bridgehead atoms. The zero-order valence-electron chi connectivity index (χ0n) is 14.6. The average Bonchev–Trinajstić information content (AvgIpc) is 3.42. The molecule has 0 radical (unpaired) electrons. The van der Waals surface area contributed by atoms with Crippen molar-refractivity contribution >= 4 is 11.6 Å². The Morgan fingerprint density at radius 1 is 1.07 bits per heavy atom. The molecule has 1 fully saturated rings. The molecule has 1 saturated carbocycles. The second-order valence-electron chi connectivity index (χ2n) is 6.88. The van der Waals surface area contributed by atoms with E-state index in [9.17, 15) is 18.0 Å². The molecule has 1 aliphatic carbocycles. The molecule has 2 aliphatic rings.